The van der Waals surface area contributed by atoms with Gasteiger partial charge in [-0.3, -0.25) is 4.79 Å². The lowest BCUT2D eigenvalue weighted by Crippen LogP contribution is -2.13. The molecule has 0 fully saturated rings. The van der Waals surface area contributed by atoms with Gasteiger partial charge in [0.25, 0.3) is 5.56 Å². The number of H-pyrrole nitrogens is 1. The average Bonchev–Trinajstić information content (AvgIpc) is 3.28. The fraction of sp³-hybridized carbons (Fsp3) is 0.357. The lowest BCUT2D eigenvalue weighted by molar-refractivity contribution is 0.0756. The second-order valence-electron chi connectivity index (χ2n) is 8.75. The van der Waals surface area contributed by atoms with Gasteiger partial charge in [0.05, 0.1) is 25.7 Å². The highest BCUT2D eigenvalue weighted by atomic mass is 32.1. The summed E-state index contributed by atoms with van der Waals surface area (Å²) in [5.74, 6) is 2.59. The van der Waals surface area contributed by atoms with Crippen LogP contribution in [0.15, 0.2) is 47.3 Å². The number of aryl methyl sites for hydroxylation is 3. The summed E-state index contributed by atoms with van der Waals surface area (Å²) in [4.78, 5) is 22.8. The number of fused-ring (bicyclic) bond motifs is 3. The molecule has 1 aliphatic rings. The fourth-order valence-corrected chi connectivity index (χ4v) is 5.74. The molecule has 0 saturated carbocycles. The molecular formula is C28H30N2O5S. The van der Waals surface area contributed by atoms with E-state index in [0.717, 1.165) is 46.4 Å². The van der Waals surface area contributed by atoms with Gasteiger partial charge in [0.2, 0.25) is 0 Å². The average molecular weight is 507 g/mol. The summed E-state index contributed by atoms with van der Waals surface area (Å²) in [7, 11) is 1.60. The Morgan fingerprint density at radius 2 is 1.72 bits per heavy atom. The number of methoxy groups -OCH3 is 1. The van der Waals surface area contributed by atoms with Crippen LogP contribution in [0.5, 0.6) is 17.2 Å². The molecule has 0 atom stereocenters. The Morgan fingerprint density at radius 3 is 2.53 bits per heavy atom. The normalized spacial score (nSPS) is 12.9. The third-order valence-electron chi connectivity index (χ3n) is 6.33. The number of nitrogens with one attached hydrogen (secondary N) is 1. The summed E-state index contributed by atoms with van der Waals surface area (Å²) in [5.41, 5.74) is 2.99. The van der Waals surface area contributed by atoms with Gasteiger partial charge in [-0.15, -0.1) is 11.3 Å². The van der Waals surface area contributed by atoms with Gasteiger partial charge in [0.15, 0.2) is 11.5 Å². The first-order chi connectivity index (χ1) is 17.6. The minimum Gasteiger partial charge on any atom is -0.493 e. The van der Waals surface area contributed by atoms with Gasteiger partial charge in [-0.1, -0.05) is 18.2 Å². The number of para-hydroxylation sites is 1. The zero-order valence-corrected chi connectivity index (χ0v) is 21.4. The topological polar surface area (TPSA) is 82.7 Å². The third kappa shape index (κ3) is 5.24. The Morgan fingerprint density at radius 1 is 0.944 bits per heavy atom. The third-order valence-corrected chi connectivity index (χ3v) is 7.51. The zero-order chi connectivity index (χ0) is 24.9. The van der Waals surface area contributed by atoms with Gasteiger partial charge < -0.3 is 23.9 Å². The quantitative estimate of drug-likeness (QED) is 0.293. The lowest BCUT2D eigenvalue weighted by Gasteiger charge is -2.13. The van der Waals surface area contributed by atoms with E-state index in [2.05, 4.69) is 4.98 Å². The maximum absolute atomic E-state index is 12.9. The van der Waals surface area contributed by atoms with E-state index in [1.165, 1.54) is 16.9 Å². The molecule has 1 aliphatic carbocycles. The van der Waals surface area contributed by atoms with E-state index in [4.69, 9.17) is 23.9 Å². The Kier molecular flexibility index (Phi) is 7.53. The molecule has 0 aliphatic heterocycles. The molecule has 8 heteroatoms. The molecule has 0 saturated heterocycles. The molecule has 0 bridgehead atoms. The number of ether oxygens (including phenoxy) is 4. The van der Waals surface area contributed by atoms with E-state index in [1.54, 1.807) is 18.4 Å². The minimum absolute atomic E-state index is 0.0720. The van der Waals surface area contributed by atoms with Gasteiger partial charge in [-0.25, -0.2) is 4.98 Å². The van der Waals surface area contributed by atoms with Crippen molar-refractivity contribution in [3.8, 4) is 28.6 Å². The van der Waals surface area contributed by atoms with Crippen LogP contribution in [-0.2, 0) is 17.6 Å². The fourth-order valence-electron chi connectivity index (χ4n) is 4.48. The Hall–Kier alpha value is -3.36. The van der Waals surface area contributed by atoms with Crippen LogP contribution in [0, 0.1) is 6.92 Å². The predicted octanol–water partition coefficient (Wildman–Crippen LogP) is 5.32. The van der Waals surface area contributed by atoms with Crippen LogP contribution in [0.4, 0.5) is 0 Å². The van der Waals surface area contributed by atoms with E-state index in [0.29, 0.717) is 43.8 Å². The van der Waals surface area contributed by atoms with Crippen molar-refractivity contribution in [1.82, 2.24) is 9.97 Å². The predicted molar refractivity (Wildman–Crippen MR) is 142 cm³/mol. The highest BCUT2D eigenvalue weighted by Crippen LogP contribution is 2.35. The number of aromatic amines is 1. The summed E-state index contributed by atoms with van der Waals surface area (Å²) in [5, 5.41) is 0.759. The summed E-state index contributed by atoms with van der Waals surface area (Å²) in [6.07, 6.45) is 4.30. The number of rotatable bonds is 10. The van der Waals surface area contributed by atoms with E-state index in [9.17, 15) is 4.79 Å². The van der Waals surface area contributed by atoms with Crippen molar-refractivity contribution < 1.29 is 18.9 Å². The van der Waals surface area contributed by atoms with Crippen molar-refractivity contribution >= 4 is 21.6 Å². The number of hydrogen-bond acceptors (Lipinski definition) is 7. The Labute approximate surface area is 214 Å². The minimum atomic E-state index is -0.0720. The molecule has 4 aromatic rings. The number of hydrogen-bond donors (Lipinski definition) is 1. The van der Waals surface area contributed by atoms with Gasteiger partial charge in [-0.05, 0) is 68.0 Å². The molecule has 0 unspecified atom stereocenters. The molecular weight excluding hydrogens is 476 g/mol. The van der Waals surface area contributed by atoms with Crippen LogP contribution >= 0.6 is 11.3 Å². The second kappa shape index (κ2) is 11.1. The van der Waals surface area contributed by atoms with Crippen LogP contribution in [0.25, 0.3) is 21.6 Å². The summed E-state index contributed by atoms with van der Waals surface area (Å²) < 4.78 is 22.8. The van der Waals surface area contributed by atoms with Crippen molar-refractivity contribution in [3.63, 3.8) is 0 Å². The maximum atomic E-state index is 12.9. The van der Waals surface area contributed by atoms with Gasteiger partial charge in [0.1, 0.15) is 29.6 Å². The maximum Gasteiger partial charge on any atom is 0.260 e. The van der Waals surface area contributed by atoms with Crippen LogP contribution < -0.4 is 19.8 Å². The molecule has 188 valence electrons. The largest absolute Gasteiger partial charge is 0.493 e. The number of thiophene rings is 1. The highest BCUT2D eigenvalue weighted by Gasteiger charge is 2.20. The zero-order valence-electron chi connectivity index (χ0n) is 20.6. The molecule has 36 heavy (non-hydrogen) atoms. The van der Waals surface area contributed by atoms with Crippen molar-refractivity contribution in [3.05, 3.63) is 68.8 Å². The van der Waals surface area contributed by atoms with Gasteiger partial charge in [0, 0.05) is 10.4 Å². The molecule has 7 nitrogen and oxygen atoms in total. The first-order valence-electron chi connectivity index (χ1n) is 12.3. The van der Waals surface area contributed by atoms with Crippen LogP contribution in [0.3, 0.4) is 0 Å². The van der Waals surface area contributed by atoms with Gasteiger partial charge in [-0.2, -0.15) is 0 Å². The summed E-state index contributed by atoms with van der Waals surface area (Å²) in [6, 6.07) is 13.5. The number of aromatic nitrogens is 2. The second-order valence-corrected chi connectivity index (χ2v) is 9.83. The van der Waals surface area contributed by atoms with Crippen LogP contribution in [0.2, 0.25) is 0 Å². The number of benzene rings is 2. The number of nitrogens with zero attached hydrogens (tertiary/aromatic N) is 1. The van der Waals surface area contributed by atoms with Gasteiger partial charge >= 0.3 is 0 Å². The lowest BCUT2D eigenvalue weighted by atomic mass is 9.97. The Bertz CT molecular complexity index is 1410. The van der Waals surface area contributed by atoms with Crippen molar-refractivity contribution in [2.24, 2.45) is 0 Å². The van der Waals surface area contributed by atoms with Crippen molar-refractivity contribution in [2.75, 3.05) is 33.5 Å². The standard InChI is InChI=1S/C28H30N2O5S/c1-18-7-3-5-9-21(18)34-15-13-33-14-16-35-22-12-11-19(17-23(22)32-2)26-29-27(31)25-20-8-4-6-10-24(20)36-28(25)30-26/h3,5,7,9,11-12,17H,4,6,8,10,13-16H2,1-2H3,(H,29,30,31). The molecule has 2 aromatic heterocycles. The molecule has 0 spiro atoms. The molecule has 5 rings (SSSR count). The van der Waals surface area contributed by atoms with E-state index in [1.807, 2.05) is 49.4 Å². The van der Waals surface area contributed by atoms with Crippen LogP contribution in [0.1, 0.15) is 28.8 Å². The van der Waals surface area contributed by atoms with Crippen molar-refractivity contribution in [1.29, 1.82) is 0 Å². The van der Waals surface area contributed by atoms with E-state index in [-0.39, 0.29) is 5.56 Å². The smallest absolute Gasteiger partial charge is 0.260 e. The summed E-state index contributed by atoms with van der Waals surface area (Å²) in [6.45, 7) is 3.77. The molecule has 1 N–H and O–H groups in total. The molecule has 2 aromatic carbocycles. The Balaban J connectivity index is 1.19. The highest BCUT2D eigenvalue weighted by molar-refractivity contribution is 7.18. The van der Waals surface area contributed by atoms with E-state index >= 15 is 0 Å². The molecule has 2 heterocycles. The van der Waals surface area contributed by atoms with E-state index < -0.39 is 0 Å². The van der Waals surface area contributed by atoms with Crippen LogP contribution in [-0.4, -0.2) is 43.5 Å². The summed E-state index contributed by atoms with van der Waals surface area (Å²) >= 11 is 1.64. The van der Waals surface area contributed by atoms with Crippen molar-refractivity contribution in [2.45, 2.75) is 32.6 Å². The monoisotopic (exact) mass is 506 g/mol. The first kappa shape index (κ1) is 24.3. The first-order valence-corrected chi connectivity index (χ1v) is 13.1. The SMILES string of the molecule is COc1cc(-c2nc3sc4c(c3c(=O)[nH]2)CCCC4)ccc1OCCOCCOc1ccccc1C. The molecule has 0 amide bonds. The molecule has 0 radical (unpaired) electrons.